The van der Waals surface area contributed by atoms with Crippen LogP contribution in [0.15, 0.2) is 0 Å². The van der Waals surface area contributed by atoms with Crippen LogP contribution in [0.25, 0.3) is 0 Å². The van der Waals surface area contributed by atoms with Gasteiger partial charge in [-0.25, -0.2) is 0 Å². The van der Waals surface area contributed by atoms with Gasteiger partial charge in [0.15, 0.2) is 0 Å². The van der Waals surface area contributed by atoms with Crippen LogP contribution in [0.3, 0.4) is 0 Å². The minimum Gasteiger partial charge on any atom is -0.161 e. The quantitative estimate of drug-likeness (QED) is 0.427. The first kappa shape index (κ1) is 8.91. The first-order valence-corrected chi connectivity index (χ1v) is 4.29. The van der Waals surface area contributed by atoms with Crippen LogP contribution in [0.1, 0.15) is 13.3 Å². The molecule has 0 aromatic heterocycles. The van der Waals surface area contributed by atoms with Crippen molar-refractivity contribution < 1.29 is 0 Å². The van der Waals surface area contributed by atoms with Crippen LogP contribution in [0.2, 0.25) is 0 Å². The molecule has 0 heterocycles. The molecule has 0 rings (SSSR count). The lowest BCUT2D eigenvalue weighted by Gasteiger charge is -2.00. The Bertz CT molecular complexity index is 91.2. The molecule has 0 aliphatic carbocycles. The van der Waals surface area contributed by atoms with Crippen molar-refractivity contribution >= 4 is 11.8 Å². The minimum absolute atomic E-state index is 0.418. The summed E-state index contributed by atoms with van der Waals surface area (Å²) < 4.78 is 0. The Balaban J connectivity index is 2.99. The highest BCUT2D eigenvalue weighted by Gasteiger charge is 1.94. The molecule has 0 bridgehead atoms. The molecule has 0 saturated heterocycles. The van der Waals surface area contributed by atoms with Gasteiger partial charge < -0.3 is 0 Å². The van der Waals surface area contributed by atoms with E-state index in [4.69, 9.17) is 6.42 Å². The van der Waals surface area contributed by atoms with Gasteiger partial charge in [-0.3, -0.25) is 0 Å². The average molecular weight is 141 g/mol. The van der Waals surface area contributed by atoms with Gasteiger partial charge in [-0.15, -0.1) is 12.3 Å². The molecular formula is C8H13S. The van der Waals surface area contributed by atoms with Crippen molar-refractivity contribution in [1.82, 2.24) is 0 Å². The maximum atomic E-state index is 5.18. The third-order valence-corrected chi connectivity index (χ3v) is 2.25. The average Bonchev–Trinajstić information content (AvgIpc) is 1.89. The van der Waals surface area contributed by atoms with Crippen LogP contribution in [-0.4, -0.2) is 11.5 Å². The molecule has 0 fully saturated rings. The van der Waals surface area contributed by atoms with Gasteiger partial charge in [0.1, 0.15) is 0 Å². The van der Waals surface area contributed by atoms with Crippen LogP contribution in [-0.2, 0) is 0 Å². The third-order valence-electron chi connectivity index (χ3n) is 0.941. The highest BCUT2D eigenvalue weighted by Crippen LogP contribution is 2.07. The lowest BCUT2D eigenvalue weighted by Crippen LogP contribution is -1.93. The molecule has 0 spiro atoms. The van der Waals surface area contributed by atoms with Crippen molar-refractivity contribution in [2.24, 2.45) is 5.92 Å². The number of hydrogen-bond donors (Lipinski definition) is 0. The topological polar surface area (TPSA) is 0 Å². The molecule has 1 heteroatoms. The summed E-state index contributed by atoms with van der Waals surface area (Å²) in [5.74, 6) is 5.31. The molecule has 1 unspecified atom stereocenters. The van der Waals surface area contributed by atoms with E-state index in [9.17, 15) is 0 Å². The van der Waals surface area contributed by atoms with Crippen LogP contribution in [0, 0.1) is 25.2 Å². The molecule has 1 atom stereocenters. The second-order valence-electron chi connectivity index (χ2n) is 2.00. The van der Waals surface area contributed by atoms with Gasteiger partial charge in [-0.2, -0.15) is 11.8 Å². The van der Waals surface area contributed by atoms with Gasteiger partial charge >= 0.3 is 0 Å². The van der Waals surface area contributed by atoms with E-state index in [2.05, 4.69) is 19.8 Å². The number of rotatable bonds is 4. The molecule has 0 nitrogen and oxygen atoms in total. The largest absolute Gasteiger partial charge is 0.161 e. The van der Waals surface area contributed by atoms with E-state index in [0.29, 0.717) is 5.92 Å². The molecule has 0 amide bonds. The Morgan fingerprint density at radius 2 is 2.44 bits per heavy atom. The molecule has 51 valence electrons. The number of hydrogen-bond acceptors (Lipinski definition) is 1. The van der Waals surface area contributed by atoms with Gasteiger partial charge in [0.25, 0.3) is 0 Å². The smallest absolute Gasteiger partial charge is 0.0262 e. The van der Waals surface area contributed by atoms with Gasteiger partial charge in [0, 0.05) is 11.7 Å². The fourth-order valence-corrected chi connectivity index (χ4v) is 1.23. The Kier molecular flexibility index (Phi) is 5.98. The summed E-state index contributed by atoms with van der Waals surface area (Å²) in [7, 11) is 0. The monoisotopic (exact) mass is 141 g/mol. The maximum absolute atomic E-state index is 5.18. The highest BCUT2D eigenvalue weighted by molar-refractivity contribution is 7.99. The van der Waals surface area contributed by atoms with E-state index in [0.717, 1.165) is 17.9 Å². The number of thioether (sulfide) groups is 1. The minimum atomic E-state index is 0.418. The van der Waals surface area contributed by atoms with E-state index in [1.165, 1.54) is 0 Å². The zero-order chi connectivity index (χ0) is 7.11. The molecule has 0 saturated carbocycles. The third kappa shape index (κ3) is 5.79. The van der Waals surface area contributed by atoms with Crippen molar-refractivity contribution in [2.75, 3.05) is 11.5 Å². The molecular weight excluding hydrogens is 128 g/mol. The summed E-state index contributed by atoms with van der Waals surface area (Å²) in [5.41, 5.74) is 0. The van der Waals surface area contributed by atoms with E-state index in [1.54, 1.807) is 0 Å². The Morgan fingerprint density at radius 3 is 2.89 bits per heavy atom. The first-order chi connectivity index (χ1) is 4.31. The van der Waals surface area contributed by atoms with Crippen molar-refractivity contribution in [3.05, 3.63) is 6.92 Å². The van der Waals surface area contributed by atoms with Crippen LogP contribution in [0.4, 0.5) is 0 Å². The molecule has 0 aromatic rings. The fourth-order valence-electron chi connectivity index (χ4n) is 0.410. The lowest BCUT2D eigenvalue weighted by atomic mass is 10.2. The second-order valence-corrected chi connectivity index (χ2v) is 3.15. The normalized spacial score (nSPS) is 12.6. The van der Waals surface area contributed by atoms with Crippen molar-refractivity contribution in [2.45, 2.75) is 13.3 Å². The lowest BCUT2D eigenvalue weighted by molar-refractivity contribution is 0.883. The predicted octanol–water partition coefficient (Wildman–Crippen LogP) is 2.21. The Hall–Kier alpha value is -0.0900. The molecule has 0 aromatic carbocycles. The maximum Gasteiger partial charge on any atom is 0.0262 e. The SMILES string of the molecule is C#CC(C)CSCC[CH2]. The summed E-state index contributed by atoms with van der Waals surface area (Å²) in [6.45, 7) is 5.80. The van der Waals surface area contributed by atoms with E-state index >= 15 is 0 Å². The zero-order valence-corrected chi connectivity index (χ0v) is 6.71. The van der Waals surface area contributed by atoms with Crippen LogP contribution < -0.4 is 0 Å². The van der Waals surface area contributed by atoms with Crippen LogP contribution in [0.5, 0.6) is 0 Å². The van der Waals surface area contributed by atoms with Crippen molar-refractivity contribution in [1.29, 1.82) is 0 Å². The van der Waals surface area contributed by atoms with E-state index in [-0.39, 0.29) is 0 Å². The van der Waals surface area contributed by atoms with Gasteiger partial charge in [0.05, 0.1) is 0 Å². The highest BCUT2D eigenvalue weighted by atomic mass is 32.2. The number of terminal acetylenes is 1. The van der Waals surface area contributed by atoms with E-state index in [1.807, 2.05) is 11.8 Å². The summed E-state index contributed by atoms with van der Waals surface area (Å²) in [5, 5.41) is 0. The summed E-state index contributed by atoms with van der Waals surface area (Å²) in [6.07, 6.45) is 6.18. The molecule has 1 radical (unpaired) electrons. The summed E-state index contributed by atoms with van der Waals surface area (Å²) >= 11 is 1.88. The van der Waals surface area contributed by atoms with Gasteiger partial charge in [-0.05, 0) is 12.2 Å². The summed E-state index contributed by atoms with van der Waals surface area (Å²) in [6, 6.07) is 0. The Morgan fingerprint density at radius 1 is 1.78 bits per heavy atom. The molecule has 0 aliphatic rings. The summed E-state index contributed by atoms with van der Waals surface area (Å²) in [4.78, 5) is 0. The van der Waals surface area contributed by atoms with E-state index < -0.39 is 0 Å². The van der Waals surface area contributed by atoms with Gasteiger partial charge in [-0.1, -0.05) is 13.8 Å². The molecule has 0 aliphatic heterocycles. The molecule has 0 N–H and O–H groups in total. The Labute approximate surface area is 62.4 Å². The van der Waals surface area contributed by atoms with Crippen molar-refractivity contribution in [3.8, 4) is 12.3 Å². The van der Waals surface area contributed by atoms with Gasteiger partial charge in [0.2, 0.25) is 0 Å². The molecule has 9 heavy (non-hydrogen) atoms. The van der Waals surface area contributed by atoms with Crippen molar-refractivity contribution in [3.63, 3.8) is 0 Å². The zero-order valence-electron chi connectivity index (χ0n) is 5.89. The second kappa shape index (κ2) is 6.04. The predicted molar refractivity (Wildman–Crippen MR) is 45.3 cm³/mol. The van der Waals surface area contributed by atoms with Crippen LogP contribution >= 0.6 is 11.8 Å². The standard InChI is InChI=1S/C8H13S/c1-4-6-9-7-8(3)5-2/h2,8H,1,4,6-7H2,3H3. The fraction of sp³-hybridized carbons (Fsp3) is 0.625. The first-order valence-electron chi connectivity index (χ1n) is 3.14.